The highest BCUT2D eigenvalue weighted by atomic mass is 79.9. The lowest BCUT2D eigenvalue weighted by atomic mass is 10.1. The van der Waals surface area contributed by atoms with Crippen LogP contribution in [-0.4, -0.2) is 14.3 Å². The first-order chi connectivity index (χ1) is 11.3. The Morgan fingerprint density at radius 3 is 2.67 bits per heavy atom. The molecule has 5 nitrogen and oxygen atoms in total. The summed E-state index contributed by atoms with van der Waals surface area (Å²) in [5, 5.41) is 7.98. The van der Waals surface area contributed by atoms with Crippen molar-refractivity contribution in [2.75, 3.05) is 0 Å². The van der Waals surface area contributed by atoms with Crippen molar-refractivity contribution in [1.82, 2.24) is 5.32 Å². The van der Waals surface area contributed by atoms with Crippen LogP contribution in [0.2, 0.25) is 0 Å². The third-order valence-electron chi connectivity index (χ3n) is 4.10. The zero-order valence-electron chi connectivity index (χ0n) is 12.8. The van der Waals surface area contributed by atoms with Crippen LogP contribution in [0.3, 0.4) is 0 Å². The van der Waals surface area contributed by atoms with Gasteiger partial charge in [0.2, 0.25) is 15.9 Å². The van der Waals surface area contributed by atoms with Gasteiger partial charge in [-0.1, -0.05) is 40.2 Å². The van der Waals surface area contributed by atoms with Gasteiger partial charge in [-0.2, -0.15) is 0 Å². The molecule has 2 unspecified atom stereocenters. The summed E-state index contributed by atoms with van der Waals surface area (Å²) in [5.74, 6) is 0.208. The third-order valence-corrected chi connectivity index (χ3v) is 5.50. The molecule has 0 aromatic heterocycles. The molecule has 0 spiro atoms. The van der Waals surface area contributed by atoms with E-state index in [9.17, 15) is 13.2 Å². The van der Waals surface area contributed by atoms with Gasteiger partial charge in [0.1, 0.15) is 0 Å². The van der Waals surface area contributed by atoms with Crippen LogP contribution in [0.5, 0.6) is 0 Å². The monoisotopic (exact) mass is 408 g/mol. The normalized spacial score (nSPS) is 19.8. The molecule has 0 saturated heterocycles. The number of nitrogens with one attached hydrogen (secondary N) is 1. The van der Waals surface area contributed by atoms with E-state index in [-0.39, 0.29) is 29.2 Å². The Morgan fingerprint density at radius 2 is 1.96 bits per heavy atom. The minimum absolute atomic E-state index is 0.0130. The van der Waals surface area contributed by atoms with Crippen molar-refractivity contribution < 1.29 is 13.2 Å². The highest BCUT2D eigenvalue weighted by molar-refractivity contribution is 9.10. The summed E-state index contributed by atoms with van der Waals surface area (Å²) in [6.45, 7) is 0.282. The maximum absolute atomic E-state index is 12.3. The summed E-state index contributed by atoms with van der Waals surface area (Å²) in [7, 11) is -3.73. The Bertz CT molecular complexity index is 883. The van der Waals surface area contributed by atoms with E-state index in [0.717, 1.165) is 16.5 Å². The van der Waals surface area contributed by atoms with Gasteiger partial charge in [0.05, 0.1) is 4.90 Å². The van der Waals surface area contributed by atoms with Crippen LogP contribution in [0.4, 0.5) is 0 Å². The number of rotatable bonds is 5. The number of primary sulfonamides is 1. The number of hydrogen-bond donors (Lipinski definition) is 2. The van der Waals surface area contributed by atoms with Crippen molar-refractivity contribution >= 4 is 31.9 Å². The molecule has 1 amide bonds. The van der Waals surface area contributed by atoms with Gasteiger partial charge >= 0.3 is 0 Å². The Balaban J connectivity index is 1.59. The van der Waals surface area contributed by atoms with Gasteiger partial charge in [-0.25, -0.2) is 13.6 Å². The lowest BCUT2D eigenvalue weighted by Gasteiger charge is -2.07. The lowest BCUT2D eigenvalue weighted by Crippen LogP contribution is -2.25. The fraction of sp³-hybridized carbons (Fsp3) is 0.235. The van der Waals surface area contributed by atoms with E-state index < -0.39 is 10.0 Å². The van der Waals surface area contributed by atoms with Crippen LogP contribution in [0.15, 0.2) is 57.9 Å². The van der Waals surface area contributed by atoms with Crippen molar-refractivity contribution in [2.45, 2.75) is 23.8 Å². The maximum Gasteiger partial charge on any atom is 0.238 e. The van der Waals surface area contributed by atoms with Crippen LogP contribution in [-0.2, 0) is 21.4 Å². The molecule has 2 aromatic carbocycles. The van der Waals surface area contributed by atoms with E-state index in [4.69, 9.17) is 5.14 Å². The fourth-order valence-corrected chi connectivity index (χ4v) is 3.74. The Labute approximate surface area is 149 Å². The number of halogens is 1. The maximum atomic E-state index is 12.3. The van der Waals surface area contributed by atoms with E-state index in [0.29, 0.717) is 5.56 Å². The van der Waals surface area contributed by atoms with Gasteiger partial charge in [0.25, 0.3) is 0 Å². The highest BCUT2D eigenvalue weighted by Crippen LogP contribution is 2.47. The quantitative estimate of drug-likeness (QED) is 0.796. The number of benzene rings is 2. The summed E-state index contributed by atoms with van der Waals surface area (Å²) >= 11 is 3.44. The van der Waals surface area contributed by atoms with Gasteiger partial charge in [-0.05, 0) is 47.7 Å². The molecule has 7 heteroatoms. The zero-order chi connectivity index (χ0) is 17.3. The molecule has 3 N–H and O–H groups in total. The Hall–Kier alpha value is -1.70. The SMILES string of the molecule is NS(=O)(=O)c1cccc(CNC(=O)C2CC2c2cccc(Br)c2)c1. The largest absolute Gasteiger partial charge is 0.352 e. The fourth-order valence-electron chi connectivity index (χ4n) is 2.74. The van der Waals surface area contributed by atoms with Crippen LogP contribution in [0.25, 0.3) is 0 Å². The predicted molar refractivity (Wildman–Crippen MR) is 94.7 cm³/mol. The second kappa shape index (κ2) is 6.66. The summed E-state index contributed by atoms with van der Waals surface area (Å²) in [6, 6.07) is 14.3. The van der Waals surface area contributed by atoms with Gasteiger partial charge in [0, 0.05) is 16.9 Å². The molecule has 2 atom stereocenters. The van der Waals surface area contributed by atoms with Crippen LogP contribution in [0.1, 0.15) is 23.5 Å². The summed E-state index contributed by atoms with van der Waals surface area (Å²) in [4.78, 5) is 12.3. The Kier molecular flexibility index (Phi) is 4.76. The minimum atomic E-state index is -3.73. The van der Waals surface area contributed by atoms with E-state index in [1.54, 1.807) is 12.1 Å². The highest BCUT2D eigenvalue weighted by Gasteiger charge is 2.43. The first-order valence-corrected chi connectivity index (χ1v) is 9.83. The molecule has 3 rings (SSSR count). The molecular weight excluding hydrogens is 392 g/mol. The van der Waals surface area contributed by atoms with Crippen LogP contribution in [0, 0.1) is 5.92 Å². The molecule has 1 saturated carbocycles. The van der Waals surface area contributed by atoms with Crippen LogP contribution < -0.4 is 10.5 Å². The molecule has 24 heavy (non-hydrogen) atoms. The molecule has 1 fully saturated rings. The summed E-state index contributed by atoms with van der Waals surface area (Å²) < 4.78 is 23.7. The molecular formula is C17H17BrN2O3S. The summed E-state index contributed by atoms with van der Waals surface area (Å²) in [6.07, 6.45) is 0.833. The second-order valence-electron chi connectivity index (χ2n) is 5.91. The molecule has 0 heterocycles. The van der Waals surface area contributed by atoms with Crippen molar-refractivity contribution in [3.8, 4) is 0 Å². The first-order valence-electron chi connectivity index (χ1n) is 7.49. The van der Waals surface area contributed by atoms with Crippen molar-refractivity contribution in [1.29, 1.82) is 0 Å². The van der Waals surface area contributed by atoms with Crippen molar-refractivity contribution in [2.24, 2.45) is 11.1 Å². The molecule has 0 aliphatic heterocycles. The molecule has 126 valence electrons. The van der Waals surface area contributed by atoms with Crippen molar-refractivity contribution in [3.05, 3.63) is 64.1 Å². The molecule has 2 aromatic rings. The van der Waals surface area contributed by atoms with Gasteiger partial charge in [-0.15, -0.1) is 0 Å². The van der Waals surface area contributed by atoms with Crippen LogP contribution >= 0.6 is 15.9 Å². The average Bonchev–Trinajstić information content (AvgIpc) is 3.33. The average molecular weight is 409 g/mol. The smallest absolute Gasteiger partial charge is 0.238 e. The predicted octanol–water partition coefficient (Wildman–Crippen LogP) is 2.52. The standard InChI is InChI=1S/C17H17BrN2O3S/c18-13-5-2-4-12(8-13)15-9-16(15)17(21)20-10-11-3-1-6-14(7-11)24(19,22)23/h1-8,15-16H,9-10H2,(H,20,21)(H2,19,22,23). The summed E-state index contributed by atoms with van der Waals surface area (Å²) in [5.41, 5.74) is 1.86. The van der Waals surface area contributed by atoms with Crippen molar-refractivity contribution in [3.63, 3.8) is 0 Å². The number of carbonyl (C=O) groups excluding carboxylic acids is 1. The molecule has 1 aliphatic carbocycles. The van der Waals surface area contributed by atoms with E-state index in [1.165, 1.54) is 12.1 Å². The number of sulfonamides is 1. The number of amides is 1. The molecule has 1 aliphatic rings. The number of nitrogens with two attached hydrogens (primary N) is 1. The van der Waals surface area contributed by atoms with Gasteiger partial charge < -0.3 is 5.32 Å². The van der Waals surface area contributed by atoms with E-state index in [2.05, 4.69) is 21.2 Å². The number of hydrogen-bond acceptors (Lipinski definition) is 3. The van der Waals surface area contributed by atoms with E-state index >= 15 is 0 Å². The molecule has 0 radical (unpaired) electrons. The second-order valence-corrected chi connectivity index (χ2v) is 8.39. The third kappa shape index (κ3) is 4.03. The number of carbonyl (C=O) groups is 1. The lowest BCUT2D eigenvalue weighted by molar-refractivity contribution is -0.122. The van der Waals surface area contributed by atoms with E-state index in [1.807, 2.05) is 24.3 Å². The first kappa shape index (κ1) is 17.1. The Morgan fingerprint density at radius 1 is 1.21 bits per heavy atom. The minimum Gasteiger partial charge on any atom is -0.352 e. The topological polar surface area (TPSA) is 89.3 Å². The van der Waals surface area contributed by atoms with Gasteiger partial charge in [-0.3, -0.25) is 4.79 Å². The van der Waals surface area contributed by atoms with Gasteiger partial charge in [0.15, 0.2) is 0 Å². The molecule has 0 bridgehead atoms. The zero-order valence-corrected chi connectivity index (χ0v) is 15.2.